The average molecular weight is 232 g/mol. The Morgan fingerprint density at radius 2 is 1.80 bits per heavy atom. The molecule has 0 fully saturated rings. The average Bonchev–Trinajstić information content (AvgIpc) is 2.23. The SMILES string of the molecule is CP(OCCC#N)OCCCCCCN. The second kappa shape index (κ2) is 11.9. The summed E-state index contributed by atoms with van der Waals surface area (Å²) in [5.41, 5.74) is 5.39. The van der Waals surface area contributed by atoms with Crippen LogP contribution in [0.15, 0.2) is 0 Å². The second-order valence-corrected chi connectivity index (χ2v) is 4.61. The Morgan fingerprint density at radius 3 is 2.47 bits per heavy atom. The van der Waals surface area contributed by atoms with E-state index in [4.69, 9.17) is 20.0 Å². The molecular formula is C10H21N2O2P. The smallest absolute Gasteiger partial charge is 0.167 e. The topological polar surface area (TPSA) is 68.3 Å². The molecule has 0 aromatic carbocycles. The summed E-state index contributed by atoms with van der Waals surface area (Å²) in [6.07, 6.45) is 4.94. The third-order valence-corrected chi connectivity index (χ3v) is 2.95. The van der Waals surface area contributed by atoms with Gasteiger partial charge in [-0.05, 0) is 19.4 Å². The Bertz CT molecular complexity index is 173. The van der Waals surface area contributed by atoms with E-state index in [1.807, 2.05) is 12.7 Å². The first-order valence-corrected chi connectivity index (χ1v) is 7.00. The van der Waals surface area contributed by atoms with Gasteiger partial charge in [-0.1, -0.05) is 12.8 Å². The molecule has 0 aliphatic rings. The lowest BCUT2D eigenvalue weighted by Crippen LogP contribution is -1.98. The minimum Gasteiger partial charge on any atom is -0.334 e. The molecule has 1 unspecified atom stereocenters. The van der Waals surface area contributed by atoms with Gasteiger partial charge in [0, 0.05) is 6.66 Å². The van der Waals surface area contributed by atoms with Crippen LogP contribution in [0.2, 0.25) is 0 Å². The molecule has 0 rings (SSSR count). The van der Waals surface area contributed by atoms with Crippen LogP contribution in [-0.2, 0) is 9.05 Å². The zero-order chi connectivity index (χ0) is 11.4. The monoisotopic (exact) mass is 232 g/mol. The fourth-order valence-corrected chi connectivity index (χ4v) is 1.86. The fraction of sp³-hybridized carbons (Fsp3) is 0.900. The van der Waals surface area contributed by atoms with Gasteiger partial charge in [-0.15, -0.1) is 0 Å². The lowest BCUT2D eigenvalue weighted by Gasteiger charge is -2.11. The summed E-state index contributed by atoms with van der Waals surface area (Å²) in [7, 11) is -0.792. The van der Waals surface area contributed by atoms with Crippen LogP contribution in [0.1, 0.15) is 32.1 Å². The highest BCUT2D eigenvalue weighted by Gasteiger charge is 2.01. The summed E-state index contributed by atoms with van der Waals surface area (Å²) < 4.78 is 10.8. The first-order chi connectivity index (χ1) is 7.31. The molecule has 0 spiro atoms. The molecule has 0 aliphatic heterocycles. The van der Waals surface area contributed by atoms with E-state index < -0.39 is 8.38 Å². The Balaban J connectivity index is 3.10. The second-order valence-electron chi connectivity index (χ2n) is 3.22. The van der Waals surface area contributed by atoms with Gasteiger partial charge in [-0.25, -0.2) is 0 Å². The first kappa shape index (κ1) is 14.8. The highest BCUT2D eigenvalue weighted by Crippen LogP contribution is 2.33. The lowest BCUT2D eigenvalue weighted by atomic mass is 10.2. The van der Waals surface area contributed by atoms with E-state index in [1.54, 1.807) is 0 Å². The fourth-order valence-electron chi connectivity index (χ4n) is 1.05. The standard InChI is InChI=1S/C10H21N2O2P/c1-15(14-10-6-8-12)13-9-5-3-2-4-7-11/h2-7,9-11H2,1H3. The van der Waals surface area contributed by atoms with Crippen LogP contribution in [0.4, 0.5) is 0 Å². The van der Waals surface area contributed by atoms with Crippen LogP contribution in [0, 0.1) is 11.3 Å². The van der Waals surface area contributed by atoms with Crippen molar-refractivity contribution in [3.05, 3.63) is 0 Å². The van der Waals surface area contributed by atoms with Crippen LogP contribution >= 0.6 is 8.38 Å². The third-order valence-electron chi connectivity index (χ3n) is 1.86. The van der Waals surface area contributed by atoms with Gasteiger partial charge >= 0.3 is 0 Å². The Hall–Kier alpha value is -0.200. The first-order valence-electron chi connectivity index (χ1n) is 5.38. The van der Waals surface area contributed by atoms with Crippen LogP contribution < -0.4 is 5.73 Å². The van der Waals surface area contributed by atoms with E-state index >= 15 is 0 Å². The van der Waals surface area contributed by atoms with E-state index in [9.17, 15) is 0 Å². The Kier molecular flexibility index (Phi) is 11.7. The summed E-state index contributed by atoms with van der Waals surface area (Å²) in [4.78, 5) is 0. The molecule has 0 aromatic rings. The van der Waals surface area contributed by atoms with Crippen LogP contribution in [-0.4, -0.2) is 26.4 Å². The highest BCUT2D eigenvalue weighted by atomic mass is 31.2. The highest BCUT2D eigenvalue weighted by molar-refractivity contribution is 7.46. The van der Waals surface area contributed by atoms with Gasteiger partial charge in [0.2, 0.25) is 0 Å². The Morgan fingerprint density at radius 1 is 1.13 bits per heavy atom. The summed E-state index contributed by atoms with van der Waals surface area (Å²) in [6, 6.07) is 2.03. The molecule has 0 aliphatic carbocycles. The molecule has 4 nitrogen and oxygen atoms in total. The van der Waals surface area contributed by atoms with Crippen LogP contribution in [0.3, 0.4) is 0 Å². The largest absolute Gasteiger partial charge is 0.334 e. The van der Waals surface area contributed by atoms with Gasteiger partial charge in [0.05, 0.1) is 25.7 Å². The maximum atomic E-state index is 8.30. The molecule has 2 N–H and O–H groups in total. The van der Waals surface area contributed by atoms with Crippen molar-refractivity contribution in [2.75, 3.05) is 26.4 Å². The van der Waals surface area contributed by atoms with Gasteiger partial charge in [0.25, 0.3) is 0 Å². The van der Waals surface area contributed by atoms with E-state index in [0.717, 1.165) is 26.0 Å². The van der Waals surface area contributed by atoms with E-state index in [0.29, 0.717) is 13.0 Å². The van der Waals surface area contributed by atoms with Crippen molar-refractivity contribution in [2.45, 2.75) is 32.1 Å². The molecule has 0 amide bonds. The molecule has 15 heavy (non-hydrogen) atoms. The van der Waals surface area contributed by atoms with E-state index in [-0.39, 0.29) is 0 Å². The molecule has 1 atom stereocenters. The van der Waals surface area contributed by atoms with Crippen molar-refractivity contribution < 1.29 is 9.05 Å². The molecule has 0 aromatic heterocycles. The zero-order valence-electron chi connectivity index (χ0n) is 9.45. The number of hydrogen-bond acceptors (Lipinski definition) is 4. The predicted octanol–water partition coefficient (Wildman–Crippen LogP) is 2.39. The lowest BCUT2D eigenvalue weighted by molar-refractivity contribution is 0.252. The molecular weight excluding hydrogens is 211 g/mol. The zero-order valence-corrected chi connectivity index (χ0v) is 10.3. The molecule has 0 saturated heterocycles. The maximum absolute atomic E-state index is 8.30. The van der Waals surface area contributed by atoms with Crippen molar-refractivity contribution >= 4 is 8.38 Å². The van der Waals surface area contributed by atoms with Crippen LogP contribution in [0.25, 0.3) is 0 Å². The molecule has 88 valence electrons. The molecule has 5 heteroatoms. The van der Waals surface area contributed by atoms with E-state index in [2.05, 4.69) is 0 Å². The quantitative estimate of drug-likeness (QED) is 0.464. The normalized spacial score (nSPS) is 12.3. The summed E-state index contributed by atoms with van der Waals surface area (Å²) in [5, 5.41) is 8.30. The molecule has 0 saturated carbocycles. The maximum Gasteiger partial charge on any atom is 0.167 e. The Labute approximate surface area is 93.7 Å². The summed E-state index contributed by atoms with van der Waals surface area (Å²) in [6.45, 7) is 3.93. The third kappa shape index (κ3) is 11.7. The molecule has 0 radical (unpaired) electrons. The van der Waals surface area contributed by atoms with Crippen molar-refractivity contribution in [3.8, 4) is 6.07 Å². The van der Waals surface area contributed by atoms with Crippen molar-refractivity contribution in [2.24, 2.45) is 5.73 Å². The number of nitrogens with zero attached hydrogens (tertiary/aromatic N) is 1. The predicted molar refractivity (Wildman–Crippen MR) is 62.5 cm³/mol. The number of unbranched alkanes of at least 4 members (excludes halogenated alkanes) is 3. The van der Waals surface area contributed by atoms with Gasteiger partial charge in [-0.2, -0.15) is 5.26 Å². The minimum absolute atomic E-state index is 0.437. The van der Waals surface area contributed by atoms with Crippen molar-refractivity contribution in [3.63, 3.8) is 0 Å². The summed E-state index contributed by atoms with van der Waals surface area (Å²) >= 11 is 0. The number of nitriles is 1. The number of hydrogen-bond donors (Lipinski definition) is 1. The molecule has 0 heterocycles. The molecule has 0 bridgehead atoms. The van der Waals surface area contributed by atoms with Crippen molar-refractivity contribution in [1.29, 1.82) is 5.26 Å². The van der Waals surface area contributed by atoms with Gasteiger partial charge in [0.15, 0.2) is 8.38 Å². The van der Waals surface area contributed by atoms with Gasteiger partial charge < -0.3 is 14.8 Å². The number of rotatable bonds is 10. The van der Waals surface area contributed by atoms with Crippen LogP contribution in [0.5, 0.6) is 0 Å². The van der Waals surface area contributed by atoms with Gasteiger partial charge in [0.1, 0.15) is 0 Å². The minimum atomic E-state index is -0.792. The summed E-state index contributed by atoms with van der Waals surface area (Å²) in [5.74, 6) is 0. The number of nitrogens with two attached hydrogens (primary N) is 1. The van der Waals surface area contributed by atoms with Gasteiger partial charge in [-0.3, -0.25) is 0 Å². The van der Waals surface area contributed by atoms with E-state index in [1.165, 1.54) is 12.8 Å². The van der Waals surface area contributed by atoms with Crippen molar-refractivity contribution in [1.82, 2.24) is 0 Å².